The summed E-state index contributed by atoms with van der Waals surface area (Å²) >= 11 is 0. The fourth-order valence-electron chi connectivity index (χ4n) is 3.66. The van der Waals surface area contributed by atoms with Gasteiger partial charge in [0.2, 0.25) is 0 Å². The summed E-state index contributed by atoms with van der Waals surface area (Å²) in [6, 6.07) is 3.78. The van der Waals surface area contributed by atoms with Crippen LogP contribution in [0.25, 0.3) is 6.08 Å². The predicted molar refractivity (Wildman–Crippen MR) is 71.0 cm³/mol. The molecule has 2 aliphatic rings. The highest BCUT2D eigenvalue weighted by atomic mass is 16.3. The molecule has 2 saturated carbocycles. The molecule has 0 saturated heterocycles. The van der Waals surface area contributed by atoms with Crippen LogP contribution in [0, 0.1) is 11.3 Å². The number of allylic oxidation sites excluding steroid dienone is 1. The molecule has 2 heteroatoms. The first-order chi connectivity index (χ1) is 8.70. The van der Waals surface area contributed by atoms with Crippen molar-refractivity contribution in [3.63, 3.8) is 0 Å². The monoisotopic (exact) mass is 244 g/mol. The fraction of sp³-hybridized carbons (Fsp3) is 0.562. The van der Waals surface area contributed by atoms with Gasteiger partial charge >= 0.3 is 0 Å². The van der Waals surface area contributed by atoms with Crippen molar-refractivity contribution < 1.29 is 9.21 Å². The maximum absolute atomic E-state index is 12.7. The summed E-state index contributed by atoms with van der Waals surface area (Å²) in [7, 11) is 0. The minimum atomic E-state index is -0.102. The summed E-state index contributed by atoms with van der Waals surface area (Å²) in [5.41, 5.74) is 0.861. The zero-order chi connectivity index (χ0) is 12.6. The van der Waals surface area contributed by atoms with E-state index in [2.05, 4.69) is 6.92 Å². The van der Waals surface area contributed by atoms with Crippen LogP contribution in [0.4, 0.5) is 0 Å². The molecule has 18 heavy (non-hydrogen) atoms. The van der Waals surface area contributed by atoms with E-state index in [9.17, 15) is 4.79 Å². The number of ketones is 1. The molecule has 3 rings (SSSR count). The maximum Gasteiger partial charge on any atom is 0.165 e. The molecule has 0 bridgehead atoms. The zero-order valence-corrected chi connectivity index (χ0v) is 10.9. The van der Waals surface area contributed by atoms with E-state index in [0.717, 1.165) is 30.6 Å². The van der Waals surface area contributed by atoms with E-state index in [-0.39, 0.29) is 5.41 Å². The van der Waals surface area contributed by atoms with Gasteiger partial charge in [0.1, 0.15) is 5.76 Å². The highest BCUT2D eigenvalue weighted by Gasteiger charge is 2.46. The summed E-state index contributed by atoms with van der Waals surface area (Å²) in [4.78, 5) is 12.7. The molecule has 1 aromatic heterocycles. The zero-order valence-electron chi connectivity index (χ0n) is 10.9. The topological polar surface area (TPSA) is 30.2 Å². The van der Waals surface area contributed by atoms with Crippen molar-refractivity contribution in [2.45, 2.75) is 45.4 Å². The number of hydrogen-bond acceptors (Lipinski definition) is 2. The van der Waals surface area contributed by atoms with Gasteiger partial charge in [0, 0.05) is 5.41 Å². The number of rotatable bonds is 1. The van der Waals surface area contributed by atoms with Crippen LogP contribution in [0.3, 0.4) is 0 Å². The van der Waals surface area contributed by atoms with Gasteiger partial charge < -0.3 is 4.42 Å². The van der Waals surface area contributed by atoms with Gasteiger partial charge in [-0.05, 0) is 55.4 Å². The van der Waals surface area contributed by atoms with Crippen molar-refractivity contribution in [3.05, 3.63) is 29.7 Å². The van der Waals surface area contributed by atoms with E-state index < -0.39 is 0 Å². The molecule has 0 unspecified atom stereocenters. The Morgan fingerprint density at radius 2 is 2.28 bits per heavy atom. The van der Waals surface area contributed by atoms with Gasteiger partial charge in [0.05, 0.1) is 6.26 Å². The third kappa shape index (κ3) is 1.84. The van der Waals surface area contributed by atoms with Crippen molar-refractivity contribution in [3.8, 4) is 0 Å². The van der Waals surface area contributed by atoms with Crippen LogP contribution in [-0.4, -0.2) is 5.78 Å². The Kier molecular flexibility index (Phi) is 2.89. The molecule has 0 aliphatic heterocycles. The first-order valence-electron chi connectivity index (χ1n) is 6.99. The first-order valence-corrected chi connectivity index (χ1v) is 6.99. The van der Waals surface area contributed by atoms with Crippen LogP contribution in [0.5, 0.6) is 0 Å². The Bertz CT molecular complexity index is 469. The highest BCUT2D eigenvalue weighted by Crippen LogP contribution is 2.49. The van der Waals surface area contributed by atoms with E-state index in [0.29, 0.717) is 11.7 Å². The third-order valence-electron chi connectivity index (χ3n) is 4.83. The van der Waals surface area contributed by atoms with Gasteiger partial charge in [-0.15, -0.1) is 0 Å². The molecule has 2 fully saturated rings. The molecule has 0 radical (unpaired) electrons. The second kappa shape index (κ2) is 4.42. The SMILES string of the molecule is C[C@@]12CCCC[C@H]1CC/C(=C/c1ccco1)C2=O. The molecule has 0 aromatic carbocycles. The lowest BCUT2D eigenvalue weighted by Crippen LogP contribution is -2.42. The summed E-state index contributed by atoms with van der Waals surface area (Å²) < 4.78 is 5.32. The molecular formula is C16H20O2. The normalized spacial score (nSPS) is 34.6. The maximum atomic E-state index is 12.7. The van der Waals surface area contributed by atoms with Crippen molar-refractivity contribution in [1.29, 1.82) is 0 Å². The fourth-order valence-corrected chi connectivity index (χ4v) is 3.66. The Hall–Kier alpha value is -1.31. The van der Waals surface area contributed by atoms with Crippen LogP contribution in [0.1, 0.15) is 51.2 Å². The Morgan fingerprint density at radius 1 is 1.39 bits per heavy atom. The van der Waals surface area contributed by atoms with Crippen molar-refractivity contribution in [2.24, 2.45) is 11.3 Å². The lowest BCUT2D eigenvalue weighted by atomic mass is 9.58. The third-order valence-corrected chi connectivity index (χ3v) is 4.83. The number of furan rings is 1. The Balaban J connectivity index is 1.89. The number of Topliss-reactive ketones (excluding diaryl/α,β-unsaturated/α-hetero) is 1. The van der Waals surface area contributed by atoms with Crippen LogP contribution >= 0.6 is 0 Å². The lowest BCUT2D eigenvalue weighted by Gasteiger charge is -2.44. The number of carbonyl (C=O) groups excluding carboxylic acids is 1. The van der Waals surface area contributed by atoms with Crippen molar-refractivity contribution >= 4 is 11.9 Å². The van der Waals surface area contributed by atoms with Gasteiger partial charge in [-0.3, -0.25) is 4.79 Å². The molecular weight excluding hydrogens is 224 g/mol. The minimum Gasteiger partial charge on any atom is -0.465 e. The smallest absolute Gasteiger partial charge is 0.165 e. The van der Waals surface area contributed by atoms with E-state index in [1.807, 2.05) is 18.2 Å². The predicted octanol–water partition coefficient (Wildman–Crippen LogP) is 4.22. The second-order valence-corrected chi connectivity index (χ2v) is 5.91. The van der Waals surface area contributed by atoms with E-state index in [4.69, 9.17) is 4.42 Å². The Morgan fingerprint density at radius 3 is 3.06 bits per heavy atom. The largest absolute Gasteiger partial charge is 0.465 e. The van der Waals surface area contributed by atoms with Crippen molar-refractivity contribution in [2.75, 3.05) is 0 Å². The van der Waals surface area contributed by atoms with Crippen molar-refractivity contribution in [1.82, 2.24) is 0 Å². The molecule has 0 amide bonds. The van der Waals surface area contributed by atoms with Crippen LogP contribution < -0.4 is 0 Å². The minimum absolute atomic E-state index is 0.102. The van der Waals surface area contributed by atoms with E-state index >= 15 is 0 Å². The molecule has 96 valence electrons. The lowest BCUT2D eigenvalue weighted by molar-refractivity contribution is -0.131. The summed E-state index contributed by atoms with van der Waals surface area (Å²) in [6.45, 7) is 2.17. The highest BCUT2D eigenvalue weighted by molar-refractivity contribution is 6.04. The quantitative estimate of drug-likeness (QED) is 0.692. The summed E-state index contributed by atoms with van der Waals surface area (Å²) in [5, 5.41) is 0. The van der Waals surface area contributed by atoms with Gasteiger partial charge in [-0.1, -0.05) is 19.8 Å². The molecule has 1 heterocycles. The van der Waals surface area contributed by atoms with Crippen LogP contribution in [0.2, 0.25) is 0 Å². The standard InChI is InChI=1S/C16H20O2/c1-16-9-3-2-5-13(16)8-7-12(15(16)17)11-14-6-4-10-18-14/h4,6,10-11,13H,2-3,5,7-9H2,1H3/b12-11-/t13-,16+/m0/s1. The molecule has 0 N–H and O–H groups in total. The van der Waals surface area contributed by atoms with Crippen LogP contribution in [-0.2, 0) is 4.79 Å². The first kappa shape index (κ1) is 11.8. The second-order valence-electron chi connectivity index (χ2n) is 5.91. The average Bonchev–Trinajstić information content (AvgIpc) is 2.87. The molecule has 2 atom stereocenters. The van der Waals surface area contributed by atoms with E-state index in [1.165, 1.54) is 19.3 Å². The number of fused-ring (bicyclic) bond motifs is 1. The summed E-state index contributed by atoms with van der Waals surface area (Å²) in [5.74, 6) is 1.78. The average molecular weight is 244 g/mol. The summed E-state index contributed by atoms with van der Waals surface area (Å²) in [6.07, 6.45) is 10.5. The molecule has 1 aromatic rings. The molecule has 2 nitrogen and oxygen atoms in total. The Labute approximate surface area is 108 Å². The van der Waals surface area contributed by atoms with Gasteiger partial charge in [0.15, 0.2) is 5.78 Å². The van der Waals surface area contributed by atoms with E-state index in [1.54, 1.807) is 6.26 Å². The van der Waals surface area contributed by atoms with Crippen LogP contribution in [0.15, 0.2) is 28.4 Å². The molecule has 0 spiro atoms. The van der Waals surface area contributed by atoms with Gasteiger partial charge in [0.25, 0.3) is 0 Å². The number of hydrogen-bond donors (Lipinski definition) is 0. The molecule has 2 aliphatic carbocycles. The number of carbonyl (C=O) groups is 1. The van der Waals surface area contributed by atoms with Gasteiger partial charge in [-0.25, -0.2) is 0 Å². The van der Waals surface area contributed by atoms with Gasteiger partial charge in [-0.2, -0.15) is 0 Å².